The van der Waals surface area contributed by atoms with Crippen LogP contribution in [0.4, 0.5) is 8.78 Å². The molecule has 15 heavy (non-hydrogen) atoms. The first-order valence-corrected chi connectivity index (χ1v) is 4.66. The van der Waals surface area contributed by atoms with Crippen molar-refractivity contribution in [1.29, 1.82) is 0 Å². The molecule has 0 saturated carbocycles. The number of carboxylic acids is 1. The second-order valence-corrected chi connectivity index (χ2v) is 3.85. The largest absolute Gasteiger partial charge is 0.477 e. The van der Waals surface area contributed by atoms with Crippen LogP contribution in [-0.2, 0) is 10.7 Å². The molecule has 0 atom stereocenters. The van der Waals surface area contributed by atoms with Gasteiger partial charge in [0, 0.05) is 5.02 Å². The molecule has 1 N–H and O–H groups in total. The topological polar surface area (TPSA) is 37.3 Å². The third-order valence-electron chi connectivity index (χ3n) is 1.60. The van der Waals surface area contributed by atoms with Gasteiger partial charge in [-0.05, 0) is 12.1 Å². The van der Waals surface area contributed by atoms with Crippen LogP contribution in [0.3, 0.4) is 0 Å². The number of carbonyl (C=O) groups is 1. The monoisotopic (exact) mass is 274 g/mol. The van der Waals surface area contributed by atoms with Crippen molar-refractivity contribution in [3.8, 4) is 0 Å². The van der Waals surface area contributed by atoms with E-state index in [9.17, 15) is 13.6 Å². The molecule has 82 valence electrons. The average Bonchev–Trinajstić information content (AvgIpc) is 2.10. The molecule has 0 amide bonds. The first-order valence-electron chi connectivity index (χ1n) is 3.53. The van der Waals surface area contributed by atoms with Crippen LogP contribution >= 0.6 is 34.8 Å². The Morgan fingerprint density at radius 2 is 1.80 bits per heavy atom. The Morgan fingerprint density at radius 3 is 2.27 bits per heavy atom. The zero-order chi connectivity index (χ0) is 11.8. The molecule has 0 aliphatic rings. The van der Waals surface area contributed by atoms with Gasteiger partial charge in [0.2, 0.25) is 0 Å². The molecule has 0 fully saturated rings. The van der Waals surface area contributed by atoms with Crippen LogP contribution in [0, 0.1) is 0 Å². The van der Waals surface area contributed by atoms with Gasteiger partial charge in [-0.15, -0.1) is 0 Å². The van der Waals surface area contributed by atoms with E-state index in [1.807, 2.05) is 0 Å². The number of hydrogen-bond donors (Lipinski definition) is 1. The van der Waals surface area contributed by atoms with Gasteiger partial charge in [0.15, 0.2) is 0 Å². The second-order valence-electron chi connectivity index (χ2n) is 2.63. The van der Waals surface area contributed by atoms with Crippen molar-refractivity contribution in [2.24, 2.45) is 0 Å². The number of halogens is 5. The van der Waals surface area contributed by atoms with Gasteiger partial charge >= 0.3 is 11.9 Å². The summed E-state index contributed by atoms with van der Waals surface area (Å²) >= 11 is 16.4. The Hall–Kier alpha value is -0.580. The molecule has 0 aliphatic heterocycles. The summed E-state index contributed by atoms with van der Waals surface area (Å²) in [4.78, 5) is 10.3. The summed E-state index contributed by atoms with van der Waals surface area (Å²) in [6.07, 6.45) is 0. The first-order chi connectivity index (χ1) is 6.76. The minimum absolute atomic E-state index is 0.111. The smallest absolute Gasteiger partial charge is 0.379 e. The molecule has 0 unspecified atom stereocenters. The SMILES string of the molecule is O=C(O)C(F)(F)c1cc(Cl)cc(Cl)c1Cl. The van der Waals surface area contributed by atoms with Crippen LogP contribution in [0.15, 0.2) is 12.1 Å². The minimum Gasteiger partial charge on any atom is -0.477 e. The Bertz CT molecular complexity index is 421. The molecular formula is C8H3Cl3F2O2. The van der Waals surface area contributed by atoms with Gasteiger partial charge in [-0.3, -0.25) is 0 Å². The highest BCUT2D eigenvalue weighted by atomic mass is 35.5. The maximum Gasteiger partial charge on any atom is 0.379 e. The summed E-state index contributed by atoms with van der Waals surface area (Å²) in [5.41, 5.74) is -0.922. The van der Waals surface area contributed by atoms with E-state index in [-0.39, 0.29) is 10.0 Å². The van der Waals surface area contributed by atoms with Gasteiger partial charge in [0.1, 0.15) is 0 Å². The van der Waals surface area contributed by atoms with Crippen molar-refractivity contribution in [3.63, 3.8) is 0 Å². The Labute approximate surface area is 98.4 Å². The van der Waals surface area contributed by atoms with Crippen LogP contribution < -0.4 is 0 Å². The highest BCUT2D eigenvalue weighted by Gasteiger charge is 2.43. The van der Waals surface area contributed by atoms with Crippen molar-refractivity contribution in [1.82, 2.24) is 0 Å². The molecule has 0 saturated heterocycles. The molecule has 0 aliphatic carbocycles. The van der Waals surface area contributed by atoms with Gasteiger partial charge in [0.05, 0.1) is 15.6 Å². The van der Waals surface area contributed by atoms with E-state index in [4.69, 9.17) is 39.9 Å². The molecule has 0 spiro atoms. The van der Waals surface area contributed by atoms with Crippen LogP contribution in [0.5, 0.6) is 0 Å². The van der Waals surface area contributed by atoms with Crippen molar-refractivity contribution in [2.45, 2.75) is 5.92 Å². The minimum atomic E-state index is -4.12. The van der Waals surface area contributed by atoms with E-state index < -0.39 is 22.5 Å². The molecule has 0 heterocycles. The van der Waals surface area contributed by atoms with Crippen molar-refractivity contribution < 1.29 is 18.7 Å². The number of hydrogen-bond acceptors (Lipinski definition) is 1. The third kappa shape index (κ3) is 2.33. The Balaban J connectivity index is 3.43. The molecule has 0 radical (unpaired) electrons. The predicted molar refractivity (Wildman–Crippen MR) is 53.0 cm³/mol. The lowest BCUT2D eigenvalue weighted by Gasteiger charge is -2.14. The lowest BCUT2D eigenvalue weighted by molar-refractivity contribution is -0.166. The zero-order valence-corrected chi connectivity index (χ0v) is 9.17. The molecule has 1 rings (SSSR count). The quantitative estimate of drug-likeness (QED) is 0.833. The summed E-state index contributed by atoms with van der Waals surface area (Å²) in [6.45, 7) is 0. The van der Waals surface area contributed by atoms with Crippen LogP contribution in [0.25, 0.3) is 0 Å². The summed E-state index contributed by atoms with van der Waals surface area (Å²) in [6, 6.07) is 1.91. The van der Waals surface area contributed by atoms with Gasteiger partial charge in [-0.25, -0.2) is 4.79 Å². The highest BCUT2D eigenvalue weighted by Crippen LogP contribution is 2.39. The van der Waals surface area contributed by atoms with Crippen molar-refractivity contribution >= 4 is 40.8 Å². The second kappa shape index (κ2) is 4.12. The Kier molecular flexibility index (Phi) is 3.43. The maximum absolute atomic E-state index is 13.1. The lowest BCUT2D eigenvalue weighted by atomic mass is 10.1. The third-order valence-corrected chi connectivity index (χ3v) is 2.62. The van der Waals surface area contributed by atoms with E-state index in [0.717, 1.165) is 12.1 Å². The molecule has 7 heteroatoms. The number of alkyl halides is 2. The van der Waals surface area contributed by atoms with E-state index in [1.54, 1.807) is 0 Å². The predicted octanol–water partition coefficient (Wildman–Crippen LogP) is 3.82. The molecule has 0 bridgehead atoms. The number of benzene rings is 1. The molecule has 1 aromatic rings. The summed E-state index contributed by atoms with van der Waals surface area (Å²) in [5.74, 6) is -6.44. The van der Waals surface area contributed by atoms with Gasteiger partial charge in [-0.1, -0.05) is 34.8 Å². The number of rotatable bonds is 2. The fourth-order valence-electron chi connectivity index (χ4n) is 0.900. The average molecular weight is 275 g/mol. The zero-order valence-electron chi connectivity index (χ0n) is 6.90. The standard InChI is InChI=1S/C8H3Cl3F2O2/c9-3-1-4(6(11)5(10)2-3)8(12,13)7(14)15/h1-2H,(H,14,15). The van der Waals surface area contributed by atoms with Crippen molar-refractivity contribution in [3.05, 3.63) is 32.8 Å². The van der Waals surface area contributed by atoms with Crippen LogP contribution in [-0.4, -0.2) is 11.1 Å². The Morgan fingerprint density at radius 1 is 1.27 bits per heavy atom. The highest BCUT2D eigenvalue weighted by molar-refractivity contribution is 6.43. The molecule has 0 aromatic heterocycles. The maximum atomic E-state index is 13.1. The van der Waals surface area contributed by atoms with E-state index in [1.165, 1.54) is 0 Å². The fraction of sp³-hybridized carbons (Fsp3) is 0.125. The summed E-state index contributed by atoms with van der Waals surface area (Å²) in [5, 5.41) is 7.45. The van der Waals surface area contributed by atoms with E-state index >= 15 is 0 Å². The van der Waals surface area contributed by atoms with Gasteiger partial charge in [-0.2, -0.15) is 8.78 Å². The summed E-state index contributed by atoms with van der Waals surface area (Å²) < 4.78 is 26.2. The van der Waals surface area contributed by atoms with Gasteiger partial charge < -0.3 is 5.11 Å². The van der Waals surface area contributed by atoms with Crippen molar-refractivity contribution in [2.75, 3.05) is 0 Å². The van der Waals surface area contributed by atoms with Crippen LogP contribution in [0.2, 0.25) is 15.1 Å². The summed E-state index contributed by atoms with van der Waals surface area (Å²) in [7, 11) is 0. The number of aliphatic carboxylic acids is 1. The van der Waals surface area contributed by atoms with Crippen LogP contribution in [0.1, 0.15) is 5.56 Å². The normalized spacial score (nSPS) is 11.5. The van der Waals surface area contributed by atoms with E-state index in [2.05, 4.69) is 0 Å². The first kappa shape index (κ1) is 12.5. The van der Waals surface area contributed by atoms with E-state index in [0.29, 0.717) is 0 Å². The fourth-order valence-corrected chi connectivity index (χ4v) is 1.62. The molecule has 2 nitrogen and oxygen atoms in total. The molecule has 1 aromatic carbocycles. The molecular weight excluding hydrogens is 272 g/mol. The lowest BCUT2D eigenvalue weighted by Crippen LogP contribution is -2.25. The number of carboxylic acid groups (broad SMARTS) is 1. The van der Waals surface area contributed by atoms with Gasteiger partial charge in [0.25, 0.3) is 0 Å².